The van der Waals surface area contributed by atoms with Crippen molar-refractivity contribution in [2.24, 2.45) is 5.73 Å². The molecule has 1 heterocycles. The van der Waals surface area contributed by atoms with Crippen LogP contribution in [-0.2, 0) is 6.42 Å². The zero-order valence-corrected chi connectivity index (χ0v) is 10.7. The molecule has 0 saturated heterocycles. The third kappa shape index (κ3) is 3.49. The number of rotatable bonds is 4. The molecule has 2 aromatic rings. The average Bonchev–Trinajstić information content (AvgIpc) is 2.39. The van der Waals surface area contributed by atoms with Crippen molar-refractivity contribution in [3.63, 3.8) is 0 Å². The van der Waals surface area contributed by atoms with Gasteiger partial charge in [0.05, 0.1) is 4.92 Å². The Hall–Kier alpha value is -1.98. The lowest BCUT2D eigenvalue weighted by molar-refractivity contribution is -0.384. The van der Waals surface area contributed by atoms with Crippen molar-refractivity contribution < 1.29 is 4.92 Å². The van der Waals surface area contributed by atoms with E-state index in [0.717, 1.165) is 11.1 Å². The lowest BCUT2D eigenvalue weighted by Gasteiger charge is -2.11. The summed E-state index contributed by atoms with van der Waals surface area (Å²) in [4.78, 5) is 14.2. The van der Waals surface area contributed by atoms with Crippen molar-refractivity contribution in [1.82, 2.24) is 4.98 Å². The molecule has 0 radical (unpaired) electrons. The molecular weight excluding hydrogens is 266 g/mol. The normalized spacial score (nSPS) is 12.1. The van der Waals surface area contributed by atoms with Gasteiger partial charge in [-0.15, -0.1) is 0 Å². The summed E-state index contributed by atoms with van der Waals surface area (Å²) >= 11 is 5.71. The van der Waals surface area contributed by atoms with Gasteiger partial charge < -0.3 is 5.73 Å². The molecule has 2 rings (SSSR count). The highest BCUT2D eigenvalue weighted by atomic mass is 35.5. The predicted octanol–water partition coefficient (Wildman–Crippen LogP) is 2.89. The van der Waals surface area contributed by atoms with Crippen molar-refractivity contribution >= 4 is 17.3 Å². The smallest absolute Gasteiger partial charge is 0.269 e. The molecule has 0 aliphatic rings. The highest BCUT2D eigenvalue weighted by Gasteiger charge is 2.11. The van der Waals surface area contributed by atoms with Gasteiger partial charge in [-0.05, 0) is 23.6 Å². The minimum Gasteiger partial charge on any atom is -0.324 e. The molecule has 2 N–H and O–H groups in total. The van der Waals surface area contributed by atoms with E-state index >= 15 is 0 Å². The molecule has 0 saturated carbocycles. The van der Waals surface area contributed by atoms with E-state index in [0.29, 0.717) is 11.6 Å². The molecular formula is C13H12ClN3O2. The largest absolute Gasteiger partial charge is 0.324 e. The molecule has 0 spiro atoms. The van der Waals surface area contributed by atoms with Crippen LogP contribution in [-0.4, -0.2) is 9.91 Å². The van der Waals surface area contributed by atoms with Crippen LogP contribution in [0.2, 0.25) is 5.15 Å². The minimum absolute atomic E-state index is 0.0685. The van der Waals surface area contributed by atoms with Gasteiger partial charge in [-0.1, -0.05) is 29.8 Å². The van der Waals surface area contributed by atoms with Crippen LogP contribution >= 0.6 is 11.6 Å². The highest BCUT2D eigenvalue weighted by Crippen LogP contribution is 2.19. The maximum absolute atomic E-state index is 10.7. The van der Waals surface area contributed by atoms with E-state index in [9.17, 15) is 10.1 Å². The van der Waals surface area contributed by atoms with Gasteiger partial charge in [0, 0.05) is 24.4 Å². The van der Waals surface area contributed by atoms with Gasteiger partial charge in [0.25, 0.3) is 5.69 Å². The number of hydrogen-bond acceptors (Lipinski definition) is 4. The molecule has 0 fully saturated rings. The van der Waals surface area contributed by atoms with E-state index < -0.39 is 4.92 Å². The van der Waals surface area contributed by atoms with E-state index in [1.807, 2.05) is 6.07 Å². The molecule has 19 heavy (non-hydrogen) atoms. The SMILES string of the molecule is NC(Cc1cccc([N+](=O)[O-])c1)c1ccc(Cl)nc1. The number of nitrogens with zero attached hydrogens (tertiary/aromatic N) is 2. The minimum atomic E-state index is -0.418. The van der Waals surface area contributed by atoms with Crippen molar-refractivity contribution in [2.75, 3.05) is 0 Å². The zero-order valence-electron chi connectivity index (χ0n) is 9.99. The number of benzene rings is 1. The Morgan fingerprint density at radius 3 is 2.79 bits per heavy atom. The summed E-state index contributed by atoms with van der Waals surface area (Å²) in [7, 11) is 0. The number of aromatic nitrogens is 1. The predicted molar refractivity (Wildman–Crippen MR) is 73.0 cm³/mol. The molecule has 6 heteroatoms. The molecule has 1 aromatic heterocycles. The topological polar surface area (TPSA) is 82.0 Å². The van der Waals surface area contributed by atoms with Gasteiger partial charge >= 0.3 is 0 Å². The molecule has 1 aromatic carbocycles. The standard InChI is InChI=1S/C13H12ClN3O2/c14-13-5-4-10(8-16-13)12(15)7-9-2-1-3-11(6-9)17(18)19/h1-6,8,12H,7,15H2. The molecule has 0 aliphatic carbocycles. The highest BCUT2D eigenvalue weighted by molar-refractivity contribution is 6.29. The van der Waals surface area contributed by atoms with E-state index in [1.165, 1.54) is 12.1 Å². The van der Waals surface area contributed by atoms with Gasteiger partial charge in [0.2, 0.25) is 0 Å². The maximum Gasteiger partial charge on any atom is 0.269 e. The first-order chi connectivity index (χ1) is 9.06. The molecule has 0 bridgehead atoms. The fourth-order valence-electron chi connectivity index (χ4n) is 1.78. The summed E-state index contributed by atoms with van der Waals surface area (Å²) in [5, 5.41) is 11.1. The lowest BCUT2D eigenvalue weighted by Crippen LogP contribution is -2.13. The molecule has 0 aliphatic heterocycles. The number of nitro benzene ring substituents is 1. The van der Waals surface area contributed by atoms with Crippen LogP contribution < -0.4 is 5.73 Å². The Kier molecular flexibility index (Phi) is 4.09. The van der Waals surface area contributed by atoms with Crippen LogP contribution in [0.5, 0.6) is 0 Å². The Morgan fingerprint density at radius 1 is 1.37 bits per heavy atom. The fourth-order valence-corrected chi connectivity index (χ4v) is 1.89. The zero-order chi connectivity index (χ0) is 13.8. The Bertz CT molecular complexity index is 587. The lowest BCUT2D eigenvalue weighted by atomic mass is 10.0. The van der Waals surface area contributed by atoms with Gasteiger partial charge in [0.1, 0.15) is 5.15 Å². The molecule has 98 valence electrons. The van der Waals surface area contributed by atoms with Crippen LogP contribution in [0.15, 0.2) is 42.6 Å². The summed E-state index contributed by atoms with van der Waals surface area (Å²) in [6, 6.07) is 9.66. The van der Waals surface area contributed by atoms with Gasteiger partial charge in [-0.3, -0.25) is 10.1 Å². The second kappa shape index (κ2) is 5.77. The van der Waals surface area contributed by atoms with Crippen molar-refractivity contribution in [2.45, 2.75) is 12.5 Å². The van der Waals surface area contributed by atoms with Crippen molar-refractivity contribution in [3.8, 4) is 0 Å². The van der Waals surface area contributed by atoms with E-state index in [-0.39, 0.29) is 11.7 Å². The van der Waals surface area contributed by atoms with Gasteiger partial charge in [-0.25, -0.2) is 4.98 Å². The number of pyridine rings is 1. The maximum atomic E-state index is 10.7. The molecule has 1 unspecified atom stereocenters. The first-order valence-electron chi connectivity index (χ1n) is 5.66. The van der Waals surface area contributed by atoms with Crippen LogP contribution in [0, 0.1) is 10.1 Å². The Morgan fingerprint density at radius 2 is 2.16 bits per heavy atom. The summed E-state index contributed by atoms with van der Waals surface area (Å²) in [6.07, 6.45) is 2.12. The summed E-state index contributed by atoms with van der Waals surface area (Å²) in [6.45, 7) is 0. The molecule has 5 nitrogen and oxygen atoms in total. The number of hydrogen-bond donors (Lipinski definition) is 1. The first kappa shape index (κ1) is 13.5. The molecule has 1 atom stereocenters. The first-order valence-corrected chi connectivity index (χ1v) is 6.04. The van der Waals surface area contributed by atoms with Crippen LogP contribution in [0.25, 0.3) is 0 Å². The summed E-state index contributed by atoms with van der Waals surface area (Å²) < 4.78 is 0. The average molecular weight is 278 g/mol. The quantitative estimate of drug-likeness (QED) is 0.529. The number of nitro groups is 1. The second-order valence-corrected chi connectivity index (χ2v) is 4.54. The van der Waals surface area contributed by atoms with Crippen LogP contribution in [0.1, 0.15) is 17.2 Å². The third-order valence-electron chi connectivity index (χ3n) is 2.76. The number of nitrogens with two attached hydrogens (primary N) is 1. The Labute approximate surface area is 115 Å². The van der Waals surface area contributed by atoms with Gasteiger partial charge in [-0.2, -0.15) is 0 Å². The number of non-ortho nitro benzene ring substituents is 1. The van der Waals surface area contributed by atoms with Gasteiger partial charge in [0.15, 0.2) is 0 Å². The van der Waals surface area contributed by atoms with Crippen LogP contribution in [0.4, 0.5) is 5.69 Å². The second-order valence-electron chi connectivity index (χ2n) is 4.15. The number of halogens is 1. The Balaban J connectivity index is 2.14. The van der Waals surface area contributed by atoms with E-state index in [2.05, 4.69) is 4.98 Å². The summed E-state index contributed by atoms with van der Waals surface area (Å²) in [5.41, 5.74) is 7.78. The summed E-state index contributed by atoms with van der Waals surface area (Å²) in [5.74, 6) is 0. The van der Waals surface area contributed by atoms with Crippen LogP contribution in [0.3, 0.4) is 0 Å². The molecule has 0 amide bonds. The van der Waals surface area contributed by atoms with Crippen molar-refractivity contribution in [3.05, 3.63) is 69.0 Å². The monoisotopic (exact) mass is 277 g/mol. The van der Waals surface area contributed by atoms with E-state index in [4.69, 9.17) is 17.3 Å². The van der Waals surface area contributed by atoms with E-state index in [1.54, 1.807) is 24.4 Å². The fraction of sp³-hybridized carbons (Fsp3) is 0.154. The van der Waals surface area contributed by atoms with Crippen molar-refractivity contribution in [1.29, 1.82) is 0 Å². The third-order valence-corrected chi connectivity index (χ3v) is 2.98.